The molecule has 3 aromatic heterocycles. The molecule has 1 N–H and O–H groups in total. The Balaban J connectivity index is 1.45. The first-order valence-electron chi connectivity index (χ1n) is 8.60. The number of rotatable bonds is 4. The lowest BCUT2D eigenvalue weighted by molar-refractivity contribution is 0.249. The van der Waals surface area contributed by atoms with E-state index >= 15 is 0 Å². The third-order valence-electron chi connectivity index (χ3n) is 4.68. The summed E-state index contributed by atoms with van der Waals surface area (Å²) < 4.78 is 0. The summed E-state index contributed by atoms with van der Waals surface area (Å²) in [5, 5.41) is 3.13. The quantitative estimate of drug-likeness (QED) is 0.778. The van der Waals surface area contributed by atoms with Crippen LogP contribution in [0.2, 0.25) is 0 Å². The van der Waals surface area contributed by atoms with E-state index in [9.17, 15) is 4.79 Å². The Hall–Kier alpha value is -2.25. The van der Waals surface area contributed by atoms with Crippen molar-refractivity contribution in [3.63, 3.8) is 0 Å². The van der Waals surface area contributed by atoms with Gasteiger partial charge >= 0.3 is 0 Å². The van der Waals surface area contributed by atoms with E-state index < -0.39 is 0 Å². The van der Waals surface area contributed by atoms with Crippen LogP contribution in [0.1, 0.15) is 18.1 Å². The number of thiazole rings is 1. The maximum atomic E-state index is 12.0. The van der Waals surface area contributed by atoms with Crippen LogP contribution in [0.25, 0.3) is 11.0 Å². The summed E-state index contributed by atoms with van der Waals surface area (Å²) in [6.45, 7) is 6.82. The van der Waals surface area contributed by atoms with Crippen LogP contribution in [0.15, 0.2) is 34.7 Å². The third-order valence-corrected chi connectivity index (χ3v) is 5.51. The van der Waals surface area contributed by atoms with Gasteiger partial charge in [0, 0.05) is 56.1 Å². The second kappa shape index (κ2) is 6.93. The standard InChI is InChI=1S/C18H21N5OS/c1-2-14-10-15-16(21-17(14)24)9-13(11-20-15)12-22-4-6-23(7-5-22)18-19-3-8-25-18/h3,8-11H,2,4-7,12H2,1H3,(H,21,24). The molecular formula is C18H21N5OS. The molecule has 7 heteroatoms. The smallest absolute Gasteiger partial charge is 0.251 e. The number of H-pyrrole nitrogens is 1. The second-order valence-corrected chi connectivity index (χ2v) is 7.20. The van der Waals surface area contributed by atoms with Crippen molar-refractivity contribution in [3.05, 3.63) is 51.4 Å². The van der Waals surface area contributed by atoms with E-state index in [0.29, 0.717) is 0 Å². The molecule has 0 aliphatic carbocycles. The van der Waals surface area contributed by atoms with Crippen LogP contribution in [0.4, 0.5) is 5.13 Å². The van der Waals surface area contributed by atoms with Gasteiger partial charge in [-0.1, -0.05) is 6.92 Å². The molecule has 0 radical (unpaired) electrons. The molecule has 0 unspecified atom stereocenters. The van der Waals surface area contributed by atoms with Crippen LogP contribution in [-0.4, -0.2) is 46.0 Å². The molecular weight excluding hydrogens is 334 g/mol. The molecule has 4 rings (SSSR count). The van der Waals surface area contributed by atoms with E-state index in [0.717, 1.165) is 66.4 Å². The number of aromatic amines is 1. The summed E-state index contributed by atoms with van der Waals surface area (Å²) in [5.74, 6) is 0. The number of aryl methyl sites for hydroxylation is 1. The van der Waals surface area contributed by atoms with Gasteiger partial charge in [-0.2, -0.15) is 0 Å². The highest BCUT2D eigenvalue weighted by atomic mass is 32.1. The fraction of sp³-hybridized carbons (Fsp3) is 0.389. The lowest BCUT2D eigenvalue weighted by Crippen LogP contribution is -2.45. The van der Waals surface area contributed by atoms with E-state index in [4.69, 9.17) is 0 Å². The van der Waals surface area contributed by atoms with Gasteiger partial charge in [-0.15, -0.1) is 11.3 Å². The summed E-state index contributed by atoms with van der Waals surface area (Å²) in [4.78, 5) is 28.7. The normalized spacial score (nSPS) is 15.8. The van der Waals surface area contributed by atoms with Crippen LogP contribution < -0.4 is 10.5 Å². The maximum Gasteiger partial charge on any atom is 0.251 e. The SMILES string of the molecule is CCc1cc2ncc(CN3CCN(c4nccs4)CC3)cc2[nH]c1=O. The Kier molecular flexibility index (Phi) is 4.50. The van der Waals surface area contributed by atoms with Crippen molar-refractivity contribution < 1.29 is 0 Å². The van der Waals surface area contributed by atoms with Crippen molar-refractivity contribution in [2.24, 2.45) is 0 Å². The lowest BCUT2D eigenvalue weighted by Gasteiger charge is -2.34. The van der Waals surface area contributed by atoms with Crippen molar-refractivity contribution in [1.29, 1.82) is 0 Å². The van der Waals surface area contributed by atoms with Gasteiger partial charge < -0.3 is 9.88 Å². The molecule has 130 valence electrons. The third kappa shape index (κ3) is 3.43. The van der Waals surface area contributed by atoms with Gasteiger partial charge in [-0.25, -0.2) is 4.98 Å². The number of anilines is 1. The molecule has 0 spiro atoms. The van der Waals surface area contributed by atoms with Gasteiger partial charge in [-0.05, 0) is 24.1 Å². The van der Waals surface area contributed by atoms with Gasteiger partial charge in [0.1, 0.15) is 0 Å². The molecule has 1 aliphatic rings. The molecule has 0 bridgehead atoms. The zero-order chi connectivity index (χ0) is 17.2. The molecule has 0 atom stereocenters. The number of fused-ring (bicyclic) bond motifs is 1. The number of hydrogen-bond donors (Lipinski definition) is 1. The zero-order valence-corrected chi connectivity index (χ0v) is 15.1. The molecule has 1 fully saturated rings. The van der Waals surface area contributed by atoms with Crippen molar-refractivity contribution in [2.75, 3.05) is 31.1 Å². The van der Waals surface area contributed by atoms with E-state index in [1.165, 1.54) is 0 Å². The maximum absolute atomic E-state index is 12.0. The lowest BCUT2D eigenvalue weighted by atomic mass is 10.1. The predicted molar refractivity (Wildman–Crippen MR) is 101 cm³/mol. The fourth-order valence-electron chi connectivity index (χ4n) is 3.24. The Morgan fingerprint density at radius 2 is 2.04 bits per heavy atom. The minimum absolute atomic E-state index is 0.00832. The first-order valence-corrected chi connectivity index (χ1v) is 9.48. The summed E-state index contributed by atoms with van der Waals surface area (Å²) >= 11 is 1.69. The average molecular weight is 355 g/mol. The number of nitrogens with zero attached hydrogens (tertiary/aromatic N) is 4. The monoisotopic (exact) mass is 355 g/mol. The number of nitrogens with one attached hydrogen (secondary N) is 1. The van der Waals surface area contributed by atoms with Crippen LogP contribution >= 0.6 is 11.3 Å². The average Bonchev–Trinajstić information content (AvgIpc) is 3.16. The molecule has 0 saturated carbocycles. The van der Waals surface area contributed by atoms with Gasteiger partial charge in [-0.3, -0.25) is 14.7 Å². The van der Waals surface area contributed by atoms with E-state index in [2.05, 4.69) is 30.8 Å². The highest BCUT2D eigenvalue weighted by Gasteiger charge is 2.18. The van der Waals surface area contributed by atoms with E-state index in [-0.39, 0.29) is 5.56 Å². The van der Waals surface area contributed by atoms with Gasteiger partial charge in [0.05, 0.1) is 11.0 Å². The molecule has 0 aromatic carbocycles. The Morgan fingerprint density at radius 3 is 2.76 bits per heavy atom. The van der Waals surface area contributed by atoms with E-state index in [1.54, 1.807) is 11.3 Å². The van der Waals surface area contributed by atoms with Gasteiger partial charge in [0.25, 0.3) is 5.56 Å². The summed E-state index contributed by atoms with van der Waals surface area (Å²) in [6, 6.07) is 3.95. The number of hydrogen-bond acceptors (Lipinski definition) is 6. The van der Waals surface area contributed by atoms with Crippen molar-refractivity contribution in [2.45, 2.75) is 19.9 Å². The molecule has 4 heterocycles. The molecule has 0 amide bonds. The highest BCUT2D eigenvalue weighted by Crippen LogP contribution is 2.20. The van der Waals surface area contributed by atoms with Gasteiger partial charge in [0.2, 0.25) is 0 Å². The summed E-state index contributed by atoms with van der Waals surface area (Å²) in [7, 11) is 0. The Labute approximate surface area is 150 Å². The fourth-order valence-corrected chi connectivity index (χ4v) is 3.94. The summed E-state index contributed by atoms with van der Waals surface area (Å²) in [6.07, 6.45) is 4.50. The Morgan fingerprint density at radius 1 is 1.20 bits per heavy atom. The largest absolute Gasteiger partial charge is 0.346 e. The van der Waals surface area contributed by atoms with Crippen LogP contribution in [0, 0.1) is 0 Å². The van der Waals surface area contributed by atoms with Crippen LogP contribution in [0.3, 0.4) is 0 Å². The van der Waals surface area contributed by atoms with Crippen molar-refractivity contribution in [3.8, 4) is 0 Å². The number of piperazine rings is 1. The second-order valence-electron chi connectivity index (χ2n) is 6.33. The highest BCUT2D eigenvalue weighted by molar-refractivity contribution is 7.13. The zero-order valence-electron chi connectivity index (χ0n) is 14.2. The Bertz CT molecular complexity index is 913. The summed E-state index contributed by atoms with van der Waals surface area (Å²) in [5.41, 5.74) is 3.59. The van der Waals surface area contributed by atoms with Gasteiger partial charge in [0.15, 0.2) is 5.13 Å². The minimum atomic E-state index is -0.00832. The first kappa shape index (κ1) is 16.2. The molecule has 6 nitrogen and oxygen atoms in total. The minimum Gasteiger partial charge on any atom is -0.346 e. The first-order chi connectivity index (χ1) is 12.2. The topological polar surface area (TPSA) is 65.1 Å². The van der Waals surface area contributed by atoms with Crippen molar-refractivity contribution >= 4 is 27.5 Å². The van der Waals surface area contributed by atoms with E-state index in [1.807, 2.05) is 30.8 Å². The number of pyridine rings is 2. The number of aromatic nitrogens is 3. The molecule has 3 aromatic rings. The molecule has 1 saturated heterocycles. The molecule has 25 heavy (non-hydrogen) atoms. The van der Waals surface area contributed by atoms with Crippen LogP contribution in [0.5, 0.6) is 0 Å². The molecule has 1 aliphatic heterocycles. The predicted octanol–water partition coefficient (Wildman–Crippen LogP) is 2.26. The van der Waals surface area contributed by atoms with Crippen LogP contribution in [-0.2, 0) is 13.0 Å². The van der Waals surface area contributed by atoms with Crippen molar-refractivity contribution in [1.82, 2.24) is 19.9 Å².